The Morgan fingerprint density at radius 3 is 2.85 bits per heavy atom. The second-order valence-corrected chi connectivity index (χ2v) is 8.65. The van der Waals surface area contributed by atoms with Gasteiger partial charge in [-0.25, -0.2) is 0 Å². The van der Waals surface area contributed by atoms with E-state index < -0.39 is 0 Å². The molecular weight excluding hydrogens is 338 g/mol. The number of nitrogens with one attached hydrogen (secondary N) is 1. The third-order valence-corrected chi connectivity index (χ3v) is 6.59. The molecule has 0 radical (unpaired) electrons. The van der Waals surface area contributed by atoms with Crippen LogP contribution in [0.5, 0.6) is 0 Å². The molecule has 5 nitrogen and oxygen atoms in total. The Morgan fingerprint density at radius 2 is 2.07 bits per heavy atom. The maximum absolute atomic E-state index is 6.11. The number of aliphatic imine (C=N–C) groups is 1. The van der Waals surface area contributed by atoms with Crippen LogP contribution >= 0.6 is 0 Å². The van der Waals surface area contributed by atoms with Crippen LogP contribution in [0.4, 0.5) is 0 Å². The van der Waals surface area contributed by atoms with E-state index in [1.54, 1.807) is 0 Å². The van der Waals surface area contributed by atoms with E-state index in [2.05, 4.69) is 62.2 Å². The molecule has 4 unspecified atom stereocenters. The van der Waals surface area contributed by atoms with Crippen LogP contribution in [-0.4, -0.2) is 55.9 Å². The largest absolute Gasteiger partial charge is 0.377 e. The molecule has 1 aliphatic carbocycles. The molecular formula is C22H33N3O2. The molecule has 5 heteroatoms. The van der Waals surface area contributed by atoms with Crippen molar-refractivity contribution in [3.63, 3.8) is 0 Å². The average Bonchev–Trinajstić information content (AvgIpc) is 3.13. The molecule has 148 valence electrons. The number of fused-ring (bicyclic) bond motifs is 1. The summed E-state index contributed by atoms with van der Waals surface area (Å²) in [7, 11) is 0. The van der Waals surface area contributed by atoms with E-state index in [1.165, 1.54) is 11.1 Å². The van der Waals surface area contributed by atoms with E-state index in [0.29, 0.717) is 18.1 Å². The molecule has 4 rings (SSSR count). The fourth-order valence-electron chi connectivity index (χ4n) is 5.12. The predicted molar refractivity (Wildman–Crippen MR) is 108 cm³/mol. The third-order valence-electron chi connectivity index (χ3n) is 6.59. The molecule has 3 aliphatic rings. The van der Waals surface area contributed by atoms with Gasteiger partial charge < -0.3 is 19.7 Å². The van der Waals surface area contributed by atoms with Gasteiger partial charge in [0.2, 0.25) is 0 Å². The van der Waals surface area contributed by atoms with E-state index in [-0.39, 0.29) is 11.5 Å². The molecule has 0 aromatic heterocycles. The van der Waals surface area contributed by atoms with Crippen molar-refractivity contribution in [2.24, 2.45) is 16.3 Å². The van der Waals surface area contributed by atoms with Crippen molar-refractivity contribution in [3.8, 4) is 0 Å². The van der Waals surface area contributed by atoms with E-state index in [4.69, 9.17) is 14.5 Å². The number of ether oxygens (including phenoxy) is 2. The van der Waals surface area contributed by atoms with Gasteiger partial charge in [-0.05, 0) is 31.4 Å². The van der Waals surface area contributed by atoms with Gasteiger partial charge in [-0.15, -0.1) is 0 Å². The van der Waals surface area contributed by atoms with Gasteiger partial charge in [0.1, 0.15) is 6.10 Å². The Bertz CT molecular complexity index is 703. The third kappa shape index (κ3) is 3.36. The summed E-state index contributed by atoms with van der Waals surface area (Å²) >= 11 is 0. The zero-order valence-corrected chi connectivity index (χ0v) is 17.1. The molecule has 1 saturated carbocycles. The molecule has 1 aromatic carbocycles. The molecule has 4 atom stereocenters. The Kier molecular flexibility index (Phi) is 5.17. The topological polar surface area (TPSA) is 46.1 Å². The first kappa shape index (κ1) is 18.8. The Labute approximate surface area is 163 Å². The van der Waals surface area contributed by atoms with Crippen LogP contribution in [0.1, 0.15) is 44.4 Å². The van der Waals surface area contributed by atoms with Crippen molar-refractivity contribution >= 4 is 5.96 Å². The monoisotopic (exact) mass is 371 g/mol. The minimum Gasteiger partial charge on any atom is -0.377 e. The Balaban J connectivity index is 1.49. The Morgan fingerprint density at radius 1 is 1.26 bits per heavy atom. The number of benzene rings is 1. The molecule has 3 fully saturated rings. The lowest BCUT2D eigenvalue weighted by Crippen LogP contribution is -2.68. The number of guanidine groups is 1. The van der Waals surface area contributed by atoms with Gasteiger partial charge in [0.15, 0.2) is 5.96 Å². The van der Waals surface area contributed by atoms with E-state index >= 15 is 0 Å². The lowest BCUT2D eigenvalue weighted by molar-refractivity contribution is -0.108. The summed E-state index contributed by atoms with van der Waals surface area (Å²) in [6, 6.07) is 8.96. The van der Waals surface area contributed by atoms with Crippen molar-refractivity contribution in [3.05, 3.63) is 35.4 Å². The van der Waals surface area contributed by atoms with Gasteiger partial charge in [0, 0.05) is 37.1 Å². The predicted octanol–water partition coefficient (Wildman–Crippen LogP) is 3.15. The summed E-state index contributed by atoms with van der Waals surface area (Å²) in [5, 5.41) is 3.81. The Hall–Kier alpha value is -1.59. The van der Waals surface area contributed by atoms with Crippen molar-refractivity contribution in [1.82, 2.24) is 10.2 Å². The van der Waals surface area contributed by atoms with Crippen LogP contribution in [0.3, 0.4) is 0 Å². The molecule has 1 N–H and O–H groups in total. The number of morpholine rings is 1. The maximum atomic E-state index is 6.11. The van der Waals surface area contributed by atoms with Crippen LogP contribution in [0.25, 0.3) is 0 Å². The highest BCUT2D eigenvalue weighted by Crippen LogP contribution is 2.52. The molecule has 2 saturated heterocycles. The second-order valence-electron chi connectivity index (χ2n) is 8.65. The molecule has 27 heavy (non-hydrogen) atoms. The summed E-state index contributed by atoms with van der Waals surface area (Å²) in [4.78, 5) is 7.21. The van der Waals surface area contributed by atoms with Gasteiger partial charge in [-0.3, -0.25) is 4.99 Å². The van der Waals surface area contributed by atoms with Crippen molar-refractivity contribution in [2.45, 2.75) is 52.4 Å². The normalized spacial score (nSPS) is 32.7. The highest BCUT2D eigenvalue weighted by Gasteiger charge is 2.59. The standard InChI is InChI=1S/C22H33N3O2/c1-5-23-21(24-19-17-10-12-27-20(17)22(19,3)4)25-11-13-26-18(14-25)16-9-7-6-8-15(16)2/h6-9,17-20H,5,10-14H2,1-4H3,(H,23,24). The maximum Gasteiger partial charge on any atom is 0.194 e. The van der Waals surface area contributed by atoms with Crippen molar-refractivity contribution in [2.75, 3.05) is 32.8 Å². The van der Waals surface area contributed by atoms with Gasteiger partial charge >= 0.3 is 0 Å². The fraction of sp³-hybridized carbons (Fsp3) is 0.682. The first-order valence-corrected chi connectivity index (χ1v) is 10.4. The van der Waals surface area contributed by atoms with Gasteiger partial charge in [0.25, 0.3) is 0 Å². The number of aryl methyl sites for hydroxylation is 1. The van der Waals surface area contributed by atoms with E-state index in [1.807, 2.05) is 0 Å². The zero-order valence-electron chi connectivity index (χ0n) is 17.1. The first-order valence-electron chi connectivity index (χ1n) is 10.4. The molecule has 1 aromatic rings. The average molecular weight is 372 g/mol. The number of rotatable bonds is 3. The smallest absolute Gasteiger partial charge is 0.194 e. The first-order chi connectivity index (χ1) is 13.0. The minimum absolute atomic E-state index is 0.0979. The van der Waals surface area contributed by atoms with Crippen molar-refractivity contribution < 1.29 is 9.47 Å². The number of hydrogen-bond acceptors (Lipinski definition) is 3. The van der Waals surface area contributed by atoms with Crippen molar-refractivity contribution in [1.29, 1.82) is 0 Å². The number of nitrogens with zero attached hydrogens (tertiary/aromatic N) is 2. The summed E-state index contributed by atoms with van der Waals surface area (Å²) in [5.41, 5.74) is 2.72. The molecule has 2 heterocycles. The van der Waals surface area contributed by atoms with Crippen LogP contribution in [0.15, 0.2) is 29.3 Å². The van der Waals surface area contributed by atoms with Crippen LogP contribution in [0.2, 0.25) is 0 Å². The van der Waals surface area contributed by atoms with E-state index in [9.17, 15) is 0 Å². The molecule has 0 amide bonds. The molecule has 0 bridgehead atoms. The lowest BCUT2D eigenvalue weighted by atomic mass is 9.57. The van der Waals surface area contributed by atoms with Gasteiger partial charge in [0.05, 0.1) is 19.3 Å². The lowest BCUT2D eigenvalue weighted by Gasteiger charge is -2.55. The fourth-order valence-corrected chi connectivity index (χ4v) is 5.12. The van der Waals surface area contributed by atoms with Gasteiger partial charge in [-0.1, -0.05) is 38.1 Å². The summed E-state index contributed by atoms with van der Waals surface area (Å²) in [6.07, 6.45) is 1.64. The van der Waals surface area contributed by atoms with Gasteiger partial charge in [-0.2, -0.15) is 0 Å². The number of hydrogen-bond donors (Lipinski definition) is 1. The highest BCUT2D eigenvalue weighted by atomic mass is 16.5. The molecule has 2 aliphatic heterocycles. The van der Waals surface area contributed by atoms with E-state index in [0.717, 1.165) is 45.2 Å². The highest BCUT2D eigenvalue weighted by molar-refractivity contribution is 5.81. The minimum atomic E-state index is 0.0979. The quantitative estimate of drug-likeness (QED) is 0.655. The van der Waals surface area contributed by atoms with Crippen LogP contribution in [0, 0.1) is 18.3 Å². The van der Waals surface area contributed by atoms with Crippen LogP contribution < -0.4 is 5.32 Å². The van der Waals surface area contributed by atoms with Crippen LogP contribution in [-0.2, 0) is 9.47 Å². The zero-order chi connectivity index (χ0) is 19.0. The summed E-state index contributed by atoms with van der Waals surface area (Å²) < 4.78 is 12.1. The summed E-state index contributed by atoms with van der Waals surface area (Å²) in [6.45, 7) is 13.0. The molecule has 0 spiro atoms. The second kappa shape index (κ2) is 7.44. The SMILES string of the molecule is CCN=C(NC1C2CCOC2C1(C)C)N1CCOC(c2ccccc2C)C1. The summed E-state index contributed by atoms with van der Waals surface area (Å²) in [5.74, 6) is 1.64.